The van der Waals surface area contributed by atoms with Crippen LogP contribution in [0.1, 0.15) is 20.7 Å². The highest BCUT2D eigenvalue weighted by Gasteiger charge is 2.26. The summed E-state index contributed by atoms with van der Waals surface area (Å²) in [6.45, 7) is 1.59. The molecule has 2 amide bonds. The van der Waals surface area contributed by atoms with Gasteiger partial charge in [-0.1, -0.05) is 12.1 Å². The summed E-state index contributed by atoms with van der Waals surface area (Å²) in [6.07, 6.45) is 1.59. The van der Waals surface area contributed by atoms with Crippen molar-refractivity contribution in [3.63, 3.8) is 0 Å². The molecule has 6 nitrogen and oxygen atoms in total. The number of H-pyrrole nitrogens is 1. The molecule has 0 spiro atoms. The fourth-order valence-corrected chi connectivity index (χ4v) is 3.17. The molecule has 0 aliphatic carbocycles. The summed E-state index contributed by atoms with van der Waals surface area (Å²) in [5.74, 6) is -0.947. The third kappa shape index (κ3) is 2.92. The Bertz CT molecular complexity index is 976. The first-order chi connectivity index (χ1) is 12.6. The molecule has 1 aliphatic rings. The van der Waals surface area contributed by atoms with E-state index in [-0.39, 0.29) is 17.4 Å². The molecule has 3 aromatic rings. The molecule has 0 saturated carbocycles. The maximum absolute atomic E-state index is 13.8. The molecule has 0 radical (unpaired) electrons. The van der Waals surface area contributed by atoms with Crippen molar-refractivity contribution in [2.75, 3.05) is 26.2 Å². The van der Waals surface area contributed by atoms with Gasteiger partial charge >= 0.3 is 0 Å². The van der Waals surface area contributed by atoms with E-state index in [9.17, 15) is 14.0 Å². The predicted octanol–water partition coefficient (Wildman–Crippen LogP) is 2.30. The van der Waals surface area contributed by atoms with Crippen molar-refractivity contribution >= 4 is 22.8 Å². The van der Waals surface area contributed by atoms with Gasteiger partial charge in [0.2, 0.25) is 0 Å². The van der Waals surface area contributed by atoms with Crippen molar-refractivity contribution in [3.05, 3.63) is 65.7 Å². The monoisotopic (exact) mass is 352 g/mol. The van der Waals surface area contributed by atoms with Crippen LogP contribution in [0.3, 0.4) is 0 Å². The minimum absolute atomic E-state index is 0.0666. The molecular weight excluding hydrogens is 335 g/mol. The second-order valence-corrected chi connectivity index (χ2v) is 6.20. The summed E-state index contributed by atoms with van der Waals surface area (Å²) in [5.41, 5.74) is 2.26. The quantitative estimate of drug-likeness (QED) is 0.769. The molecule has 0 atom stereocenters. The number of nitrogens with one attached hydrogen (secondary N) is 1. The molecule has 4 rings (SSSR count). The van der Waals surface area contributed by atoms with Gasteiger partial charge in [0.1, 0.15) is 5.82 Å². The lowest BCUT2D eigenvalue weighted by Crippen LogP contribution is -2.50. The van der Waals surface area contributed by atoms with Crippen LogP contribution in [0.2, 0.25) is 0 Å². The Labute approximate surface area is 149 Å². The van der Waals surface area contributed by atoms with Crippen LogP contribution in [0.25, 0.3) is 11.0 Å². The summed E-state index contributed by atoms with van der Waals surface area (Å²) in [7, 11) is 0. The van der Waals surface area contributed by atoms with Crippen molar-refractivity contribution in [2.24, 2.45) is 0 Å². The first-order valence-corrected chi connectivity index (χ1v) is 8.40. The molecule has 1 saturated heterocycles. The van der Waals surface area contributed by atoms with Crippen LogP contribution in [0, 0.1) is 5.82 Å². The smallest absolute Gasteiger partial charge is 0.256 e. The third-order valence-corrected chi connectivity index (χ3v) is 4.63. The number of fused-ring (bicyclic) bond motifs is 1. The fraction of sp³-hybridized carbons (Fsp3) is 0.211. The minimum atomic E-state index is -0.524. The summed E-state index contributed by atoms with van der Waals surface area (Å²) in [5, 5.41) is 0. The van der Waals surface area contributed by atoms with Crippen molar-refractivity contribution < 1.29 is 14.0 Å². The van der Waals surface area contributed by atoms with Crippen LogP contribution < -0.4 is 0 Å². The van der Waals surface area contributed by atoms with Crippen LogP contribution in [-0.2, 0) is 0 Å². The molecule has 0 unspecified atom stereocenters. The number of halogens is 1. The van der Waals surface area contributed by atoms with Gasteiger partial charge < -0.3 is 14.8 Å². The number of hydrogen-bond donors (Lipinski definition) is 1. The maximum Gasteiger partial charge on any atom is 0.256 e. The Kier molecular flexibility index (Phi) is 4.12. The Morgan fingerprint density at radius 2 is 1.65 bits per heavy atom. The number of aromatic amines is 1. The fourth-order valence-electron chi connectivity index (χ4n) is 3.17. The number of carbonyl (C=O) groups excluding carboxylic acids is 2. The summed E-state index contributed by atoms with van der Waals surface area (Å²) >= 11 is 0. The van der Waals surface area contributed by atoms with Crippen molar-refractivity contribution in [2.45, 2.75) is 0 Å². The molecule has 132 valence electrons. The summed E-state index contributed by atoms with van der Waals surface area (Å²) < 4.78 is 13.8. The molecule has 7 heteroatoms. The van der Waals surface area contributed by atoms with Gasteiger partial charge in [-0.05, 0) is 30.3 Å². The lowest BCUT2D eigenvalue weighted by Gasteiger charge is -2.35. The van der Waals surface area contributed by atoms with Crippen LogP contribution in [0.15, 0.2) is 48.8 Å². The van der Waals surface area contributed by atoms with Gasteiger partial charge in [-0.2, -0.15) is 0 Å². The number of imidazole rings is 1. The average molecular weight is 352 g/mol. The van der Waals surface area contributed by atoms with Gasteiger partial charge in [-0.3, -0.25) is 9.59 Å². The normalized spacial score (nSPS) is 14.7. The lowest BCUT2D eigenvalue weighted by atomic mass is 10.1. The standard InChI is InChI=1S/C19H17FN4O2/c20-15-4-2-1-3-14(15)19(26)24-9-7-23(8-10-24)18(25)13-5-6-16-17(11-13)22-12-21-16/h1-6,11-12H,7-10H2,(H,21,22). The second-order valence-electron chi connectivity index (χ2n) is 6.20. The number of hydrogen-bond acceptors (Lipinski definition) is 3. The first-order valence-electron chi connectivity index (χ1n) is 8.40. The van der Waals surface area contributed by atoms with E-state index >= 15 is 0 Å². The molecule has 0 bridgehead atoms. The van der Waals surface area contributed by atoms with Gasteiger partial charge in [-0.15, -0.1) is 0 Å². The van der Waals surface area contributed by atoms with E-state index < -0.39 is 5.82 Å². The number of rotatable bonds is 2. The van der Waals surface area contributed by atoms with E-state index in [2.05, 4.69) is 9.97 Å². The molecule has 1 fully saturated rings. The summed E-state index contributed by atoms with van der Waals surface area (Å²) in [6, 6.07) is 11.3. The zero-order valence-corrected chi connectivity index (χ0v) is 14.0. The second kappa shape index (κ2) is 6.59. The molecule has 1 aliphatic heterocycles. The zero-order valence-electron chi connectivity index (χ0n) is 14.0. The van der Waals surface area contributed by atoms with E-state index in [0.29, 0.717) is 31.7 Å². The minimum Gasteiger partial charge on any atom is -0.345 e. The third-order valence-electron chi connectivity index (χ3n) is 4.63. The van der Waals surface area contributed by atoms with Crippen molar-refractivity contribution in [1.82, 2.24) is 19.8 Å². The zero-order chi connectivity index (χ0) is 18.1. The predicted molar refractivity (Wildman–Crippen MR) is 94.3 cm³/mol. The summed E-state index contributed by atoms with van der Waals surface area (Å²) in [4.78, 5) is 35.6. The highest BCUT2D eigenvalue weighted by atomic mass is 19.1. The van der Waals surface area contributed by atoms with E-state index in [4.69, 9.17) is 0 Å². The van der Waals surface area contributed by atoms with Crippen LogP contribution >= 0.6 is 0 Å². The van der Waals surface area contributed by atoms with E-state index in [1.54, 1.807) is 46.5 Å². The molecule has 1 aromatic heterocycles. The molecule has 1 N–H and O–H groups in total. The first kappa shape index (κ1) is 16.3. The maximum atomic E-state index is 13.8. The molecule has 2 aromatic carbocycles. The van der Waals surface area contributed by atoms with Crippen LogP contribution in [0.4, 0.5) is 4.39 Å². The van der Waals surface area contributed by atoms with Crippen LogP contribution in [0.5, 0.6) is 0 Å². The van der Waals surface area contributed by atoms with Gasteiger partial charge in [0.25, 0.3) is 11.8 Å². The van der Waals surface area contributed by atoms with E-state index in [0.717, 1.165) is 11.0 Å². The Hall–Kier alpha value is -3.22. The molecule has 26 heavy (non-hydrogen) atoms. The molecule has 2 heterocycles. The number of piperazine rings is 1. The Balaban J connectivity index is 1.43. The SMILES string of the molecule is O=C(c1ccc2nc[nH]c2c1)N1CCN(C(=O)c2ccccc2F)CC1. The van der Waals surface area contributed by atoms with Gasteiger partial charge in [0, 0.05) is 31.7 Å². The average Bonchev–Trinajstić information content (AvgIpc) is 3.15. The lowest BCUT2D eigenvalue weighted by molar-refractivity contribution is 0.0533. The molecular formula is C19H17FN4O2. The highest BCUT2D eigenvalue weighted by Crippen LogP contribution is 2.16. The largest absolute Gasteiger partial charge is 0.345 e. The number of carbonyl (C=O) groups is 2. The van der Waals surface area contributed by atoms with Gasteiger partial charge in [-0.25, -0.2) is 9.37 Å². The topological polar surface area (TPSA) is 69.3 Å². The van der Waals surface area contributed by atoms with E-state index in [1.165, 1.54) is 12.1 Å². The number of aromatic nitrogens is 2. The van der Waals surface area contributed by atoms with Crippen molar-refractivity contribution in [3.8, 4) is 0 Å². The number of nitrogens with zero attached hydrogens (tertiary/aromatic N) is 3. The number of amides is 2. The van der Waals surface area contributed by atoms with E-state index in [1.807, 2.05) is 0 Å². The number of benzene rings is 2. The van der Waals surface area contributed by atoms with Crippen LogP contribution in [-0.4, -0.2) is 57.8 Å². The van der Waals surface area contributed by atoms with Gasteiger partial charge in [0.15, 0.2) is 0 Å². The van der Waals surface area contributed by atoms with Crippen molar-refractivity contribution in [1.29, 1.82) is 0 Å². The highest BCUT2D eigenvalue weighted by molar-refractivity contribution is 5.98. The Morgan fingerprint density at radius 1 is 0.962 bits per heavy atom. The Morgan fingerprint density at radius 3 is 2.38 bits per heavy atom. The van der Waals surface area contributed by atoms with Gasteiger partial charge in [0.05, 0.1) is 22.9 Å².